The Morgan fingerprint density at radius 2 is 1.56 bits per heavy atom. The predicted octanol–water partition coefficient (Wildman–Crippen LogP) is 5.97. The van der Waals surface area contributed by atoms with Gasteiger partial charge in [-0.2, -0.15) is 0 Å². The minimum atomic E-state index is 0.174. The molecule has 0 spiro atoms. The topological polar surface area (TPSA) is 55.2 Å². The predicted molar refractivity (Wildman–Crippen MR) is 110 cm³/mol. The summed E-state index contributed by atoms with van der Waals surface area (Å²) in [5.41, 5.74) is 0. The molecule has 1 N–H and O–H groups in total. The van der Waals surface area contributed by atoms with E-state index >= 15 is 0 Å². The van der Waals surface area contributed by atoms with Crippen molar-refractivity contribution in [1.82, 2.24) is 9.97 Å². The van der Waals surface area contributed by atoms with E-state index in [9.17, 15) is 0 Å². The van der Waals surface area contributed by atoms with Crippen LogP contribution in [0.5, 0.6) is 11.5 Å². The van der Waals surface area contributed by atoms with Crippen molar-refractivity contribution < 1.29 is 9.84 Å². The molecule has 2 aliphatic carbocycles. The van der Waals surface area contributed by atoms with Crippen LogP contribution in [0, 0.1) is 11.8 Å². The molecule has 136 valence electrons. The molecule has 2 saturated carbocycles. The molecule has 2 aliphatic rings. The summed E-state index contributed by atoms with van der Waals surface area (Å²) in [6, 6.07) is 7.05. The summed E-state index contributed by atoms with van der Waals surface area (Å²) < 4.78 is 6.83. The summed E-state index contributed by atoms with van der Waals surface area (Å²) >= 11 is 9.74. The highest BCUT2D eigenvalue weighted by molar-refractivity contribution is 9.10. The molecule has 2 aromatic rings. The Hall–Kier alpha value is -0.660. The first-order chi connectivity index (χ1) is 12.1. The van der Waals surface area contributed by atoms with Crippen molar-refractivity contribution in [1.29, 1.82) is 0 Å². The van der Waals surface area contributed by atoms with E-state index in [2.05, 4.69) is 57.8 Å². The van der Waals surface area contributed by atoms with Gasteiger partial charge in [-0.3, -0.25) is 0 Å². The molecular formula is C18H21Br3N2O2. The maximum Gasteiger partial charge on any atom is 0.152 e. The summed E-state index contributed by atoms with van der Waals surface area (Å²) in [5.74, 6) is 2.86. The number of aromatic nitrogens is 2. The van der Waals surface area contributed by atoms with Gasteiger partial charge in [-0.25, -0.2) is 9.97 Å². The van der Waals surface area contributed by atoms with Crippen molar-refractivity contribution in [3.63, 3.8) is 0 Å². The van der Waals surface area contributed by atoms with Gasteiger partial charge in [0.2, 0.25) is 0 Å². The maximum atomic E-state index is 8.81. The van der Waals surface area contributed by atoms with Crippen molar-refractivity contribution in [2.24, 2.45) is 11.8 Å². The van der Waals surface area contributed by atoms with Crippen LogP contribution in [0.2, 0.25) is 0 Å². The molecule has 4 nitrogen and oxygen atoms in total. The number of pyridine rings is 2. The van der Waals surface area contributed by atoms with Crippen molar-refractivity contribution in [2.75, 3.05) is 11.9 Å². The van der Waals surface area contributed by atoms with E-state index in [-0.39, 0.29) is 5.75 Å². The summed E-state index contributed by atoms with van der Waals surface area (Å²) in [7, 11) is 0. The molecule has 0 aromatic carbocycles. The molecule has 0 saturated heterocycles. The fourth-order valence-corrected chi connectivity index (χ4v) is 2.88. The van der Waals surface area contributed by atoms with Crippen LogP contribution in [-0.2, 0) is 0 Å². The van der Waals surface area contributed by atoms with Crippen molar-refractivity contribution in [3.8, 4) is 11.5 Å². The quantitative estimate of drug-likeness (QED) is 0.386. The van der Waals surface area contributed by atoms with E-state index in [1.165, 1.54) is 31.0 Å². The highest BCUT2D eigenvalue weighted by Crippen LogP contribution is 2.31. The number of halogens is 3. The normalized spacial score (nSPS) is 15.3. The molecule has 7 heteroatoms. The Morgan fingerprint density at radius 3 is 1.96 bits per heavy atom. The number of aromatic hydroxyl groups is 1. The Kier molecular flexibility index (Phi) is 9.20. The van der Waals surface area contributed by atoms with Gasteiger partial charge in [0.1, 0.15) is 15.0 Å². The number of hydrogen-bond acceptors (Lipinski definition) is 4. The van der Waals surface area contributed by atoms with Gasteiger partial charge >= 0.3 is 0 Å². The van der Waals surface area contributed by atoms with Crippen LogP contribution < -0.4 is 4.74 Å². The molecule has 0 atom stereocenters. The third-order valence-corrected chi connectivity index (χ3v) is 5.67. The van der Waals surface area contributed by atoms with E-state index in [0.29, 0.717) is 4.60 Å². The van der Waals surface area contributed by atoms with E-state index in [1.54, 1.807) is 24.5 Å². The van der Waals surface area contributed by atoms with Gasteiger partial charge < -0.3 is 9.84 Å². The van der Waals surface area contributed by atoms with Crippen molar-refractivity contribution >= 4 is 47.8 Å². The third-order valence-electron chi connectivity index (χ3n) is 3.55. The molecular weight excluding hydrogens is 516 g/mol. The van der Waals surface area contributed by atoms with Crippen LogP contribution in [0.25, 0.3) is 0 Å². The minimum absolute atomic E-state index is 0.174. The molecule has 0 unspecified atom stereocenters. The fourth-order valence-electron chi connectivity index (χ4n) is 1.62. The first-order valence-corrected chi connectivity index (χ1v) is 10.9. The molecule has 4 rings (SSSR count). The summed E-state index contributed by atoms with van der Waals surface area (Å²) in [6.45, 7) is 0.838. The van der Waals surface area contributed by atoms with Gasteiger partial charge in [-0.05, 0) is 93.6 Å². The molecule has 0 aliphatic heterocycles. The minimum Gasteiger partial charge on any atom is -0.505 e. The van der Waals surface area contributed by atoms with Gasteiger partial charge in [-0.1, -0.05) is 15.9 Å². The van der Waals surface area contributed by atoms with E-state index in [1.807, 2.05) is 12.1 Å². The highest BCUT2D eigenvalue weighted by Gasteiger charge is 2.22. The zero-order valence-corrected chi connectivity index (χ0v) is 18.5. The standard InChI is InChI=1S/C9H10BrNO.C5H4BrNO.C4H7Br/c10-9-8(2-1-5-11-9)12-6-7-3-4-7;6-5-4(8)2-1-3-7-5;5-3-4-1-2-4/h1-2,5,7H,3-4,6H2;1-3,8H;4H,1-3H2. The lowest BCUT2D eigenvalue weighted by molar-refractivity contribution is 0.296. The summed E-state index contributed by atoms with van der Waals surface area (Å²) in [4.78, 5) is 7.81. The largest absolute Gasteiger partial charge is 0.505 e. The maximum absolute atomic E-state index is 8.81. The van der Waals surface area contributed by atoms with E-state index in [4.69, 9.17) is 9.84 Å². The van der Waals surface area contributed by atoms with Crippen LogP contribution in [-0.4, -0.2) is 27.0 Å². The van der Waals surface area contributed by atoms with Gasteiger partial charge in [0.15, 0.2) is 5.75 Å². The molecule has 0 radical (unpaired) electrons. The second kappa shape index (κ2) is 11.1. The Labute approximate surface area is 173 Å². The molecule has 2 fully saturated rings. The monoisotopic (exact) mass is 534 g/mol. The number of nitrogens with zero attached hydrogens (tertiary/aromatic N) is 2. The average Bonchev–Trinajstić information content (AvgIpc) is 3.51. The van der Waals surface area contributed by atoms with Crippen LogP contribution in [0.1, 0.15) is 25.7 Å². The van der Waals surface area contributed by atoms with E-state index < -0.39 is 0 Å². The van der Waals surface area contributed by atoms with Gasteiger partial charge in [0.05, 0.1) is 6.61 Å². The SMILES string of the molecule is BrCC1CC1.Brc1ncccc1OCC1CC1.Oc1cccnc1Br. The zero-order chi connectivity index (χ0) is 18.1. The molecule has 0 amide bonds. The van der Waals surface area contributed by atoms with Crippen LogP contribution in [0.15, 0.2) is 45.9 Å². The second-order valence-corrected chi connectivity index (χ2v) is 8.11. The van der Waals surface area contributed by atoms with Crippen LogP contribution >= 0.6 is 47.8 Å². The third kappa shape index (κ3) is 9.01. The zero-order valence-electron chi connectivity index (χ0n) is 13.7. The smallest absolute Gasteiger partial charge is 0.152 e. The number of rotatable bonds is 4. The number of ether oxygens (including phenoxy) is 1. The Bertz CT molecular complexity index is 629. The lowest BCUT2D eigenvalue weighted by atomic mass is 10.4. The number of alkyl halides is 1. The summed E-state index contributed by atoms with van der Waals surface area (Å²) in [6.07, 6.45) is 8.91. The molecule has 25 heavy (non-hydrogen) atoms. The van der Waals surface area contributed by atoms with Gasteiger partial charge in [-0.15, -0.1) is 0 Å². The molecule has 2 aromatic heterocycles. The number of hydrogen-bond donors (Lipinski definition) is 1. The first-order valence-electron chi connectivity index (χ1n) is 8.19. The highest BCUT2D eigenvalue weighted by atomic mass is 79.9. The summed E-state index contributed by atoms with van der Waals surface area (Å²) in [5, 5.41) is 10.0. The average molecular weight is 537 g/mol. The first kappa shape index (κ1) is 20.6. The lowest BCUT2D eigenvalue weighted by Gasteiger charge is -2.05. The van der Waals surface area contributed by atoms with Gasteiger partial charge in [0, 0.05) is 17.7 Å². The van der Waals surface area contributed by atoms with Crippen molar-refractivity contribution in [2.45, 2.75) is 25.7 Å². The van der Waals surface area contributed by atoms with Crippen LogP contribution in [0.4, 0.5) is 0 Å². The Morgan fingerprint density at radius 1 is 0.960 bits per heavy atom. The lowest BCUT2D eigenvalue weighted by Crippen LogP contribution is -1.99. The fraction of sp³-hybridized carbons (Fsp3) is 0.444. The van der Waals surface area contributed by atoms with Gasteiger partial charge in [0.25, 0.3) is 0 Å². The molecule has 0 bridgehead atoms. The van der Waals surface area contributed by atoms with Crippen LogP contribution in [0.3, 0.4) is 0 Å². The van der Waals surface area contributed by atoms with E-state index in [0.717, 1.165) is 28.8 Å². The Balaban J connectivity index is 0.000000149. The van der Waals surface area contributed by atoms with Crippen molar-refractivity contribution in [3.05, 3.63) is 45.9 Å². The second-order valence-electron chi connectivity index (χ2n) is 5.96. The molecule has 2 heterocycles.